The van der Waals surface area contributed by atoms with Gasteiger partial charge in [0.15, 0.2) is 0 Å². The lowest BCUT2D eigenvalue weighted by molar-refractivity contribution is -0.143. The second kappa shape index (κ2) is 12.4. The maximum absolute atomic E-state index is 13.6. The topological polar surface area (TPSA) is 74.7 Å². The van der Waals surface area contributed by atoms with Crippen LogP contribution in [0.25, 0.3) is 0 Å². The fraction of sp³-hybridized carbons (Fsp3) is 0.423. The van der Waals surface area contributed by atoms with Crippen molar-refractivity contribution in [1.82, 2.24) is 14.8 Å². The molecular weight excluding hydrogens is 487 g/mol. The minimum absolute atomic E-state index is 0.117. The fourth-order valence-electron chi connectivity index (χ4n) is 4.37. The van der Waals surface area contributed by atoms with Crippen LogP contribution in [0.1, 0.15) is 23.6 Å². The Balaban J connectivity index is 1.56. The fourth-order valence-corrected chi connectivity index (χ4v) is 4.64. The predicted molar refractivity (Wildman–Crippen MR) is 134 cm³/mol. The van der Waals surface area contributed by atoms with Gasteiger partial charge in [0.05, 0.1) is 25.0 Å². The first-order chi connectivity index (χ1) is 17.5. The standard InChI is InChI=1S/C26H30ClFN4O4/c1-35-18-26(34)31(11-10-30-12-14-36-15-13-30)17-25(33)32-24(21-4-2-3-5-22(21)27)16-23(29-32)19-6-8-20(28)9-7-19/h2-9,24H,10-18H2,1H3/t24-/m1/s1. The Bertz CT molecular complexity index is 1090. The van der Waals surface area contributed by atoms with E-state index in [1.165, 1.54) is 29.2 Å². The SMILES string of the molecule is COCC(=O)N(CCN1CCOCC1)CC(=O)N1N=C(c2ccc(F)cc2)C[C@@H]1c1ccccc1Cl. The molecule has 2 heterocycles. The Hall–Kier alpha value is -2.85. The zero-order valence-corrected chi connectivity index (χ0v) is 21.0. The third-order valence-electron chi connectivity index (χ3n) is 6.34. The Morgan fingerprint density at radius 1 is 1.17 bits per heavy atom. The summed E-state index contributed by atoms with van der Waals surface area (Å²) in [6, 6.07) is 12.9. The number of hydrazone groups is 1. The van der Waals surface area contributed by atoms with Crippen LogP contribution in [-0.2, 0) is 19.1 Å². The summed E-state index contributed by atoms with van der Waals surface area (Å²) < 4.78 is 23.9. The molecule has 2 aromatic rings. The highest BCUT2D eigenvalue weighted by Crippen LogP contribution is 2.36. The molecule has 1 atom stereocenters. The lowest BCUT2D eigenvalue weighted by Crippen LogP contribution is -2.47. The molecule has 1 fully saturated rings. The van der Waals surface area contributed by atoms with Crippen molar-refractivity contribution in [1.29, 1.82) is 0 Å². The molecule has 36 heavy (non-hydrogen) atoms. The number of carbonyl (C=O) groups is 2. The second-order valence-corrected chi connectivity index (χ2v) is 9.14. The molecule has 1 saturated heterocycles. The second-order valence-electron chi connectivity index (χ2n) is 8.74. The molecule has 8 nitrogen and oxygen atoms in total. The number of hydrogen-bond donors (Lipinski definition) is 0. The summed E-state index contributed by atoms with van der Waals surface area (Å²) in [6.45, 7) is 3.62. The highest BCUT2D eigenvalue weighted by Gasteiger charge is 2.35. The summed E-state index contributed by atoms with van der Waals surface area (Å²) in [5, 5.41) is 6.55. The van der Waals surface area contributed by atoms with Gasteiger partial charge in [0.25, 0.3) is 5.91 Å². The molecule has 0 unspecified atom stereocenters. The Morgan fingerprint density at radius 3 is 2.58 bits per heavy atom. The first kappa shape index (κ1) is 26.2. The first-order valence-electron chi connectivity index (χ1n) is 11.9. The molecule has 0 radical (unpaired) electrons. The van der Waals surface area contributed by atoms with Gasteiger partial charge in [-0.3, -0.25) is 14.5 Å². The van der Waals surface area contributed by atoms with Gasteiger partial charge >= 0.3 is 0 Å². The molecule has 2 aliphatic rings. The van der Waals surface area contributed by atoms with Crippen molar-refractivity contribution < 1.29 is 23.5 Å². The van der Waals surface area contributed by atoms with Crippen molar-refractivity contribution in [3.05, 3.63) is 70.5 Å². The maximum Gasteiger partial charge on any atom is 0.262 e. The van der Waals surface area contributed by atoms with Crippen molar-refractivity contribution in [2.24, 2.45) is 5.10 Å². The summed E-state index contributed by atoms with van der Waals surface area (Å²) >= 11 is 6.49. The summed E-state index contributed by atoms with van der Waals surface area (Å²) in [6.07, 6.45) is 0.418. The molecule has 192 valence electrons. The van der Waals surface area contributed by atoms with Crippen molar-refractivity contribution in [3.63, 3.8) is 0 Å². The third-order valence-corrected chi connectivity index (χ3v) is 6.69. The number of nitrogens with zero attached hydrogens (tertiary/aromatic N) is 4. The van der Waals surface area contributed by atoms with E-state index >= 15 is 0 Å². The number of ether oxygens (including phenoxy) is 2. The average Bonchev–Trinajstić information content (AvgIpc) is 3.33. The van der Waals surface area contributed by atoms with Crippen molar-refractivity contribution >= 4 is 29.1 Å². The van der Waals surface area contributed by atoms with E-state index in [2.05, 4.69) is 10.0 Å². The molecule has 2 amide bonds. The van der Waals surface area contributed by atoms with E-state index in [0.29, 0.717) is 43.5 Å². The van der Waals surface area contributed by atoms with Gasteiger partial charge in [0, 0.05) is 44.7 Å². The van der Waals surface area contributed by atoms with Gasteiger partial charge in [-0.05, 0) is 29.3 Å². The number of halogens is 2. The van der Waals surface area contributed by atoms with Gasteiger partial charge in [0.2, 0.25) is 5.91 Å². The monoisotopic (exact) mass is 516 g/mol. The van der Waals surface area contributed by atoms with Gasteiger partial charge in [-0.2, -0.15) is 5.10 Å². The van der Waals surface area contributed by atoms with Crippen LogP contribution in [0, 0.1) is 5.82 Å². The largest absolute Gasteiger partial charge is 0.379 e. The smallest absolute Gasteiger partial charge is 0.262 e. The van der Waals surface area contributed by atoms with Crippen molar-refractivity contribution in [3.8, 4) is 0 Å². The maximum atomic E-state index is 13.6. The lowest BCUT2D eigenvalue weighted by Gasteiger charge is -2.31. The third kappa shape index (κ3) is 6.47. The van der Waals surface area contributed by atoms with E-state index in [9.17, 15) is 14.0 Å². The Kier molecular flexibility index (Phi) is 9.03. The molecule has 2 aromatic carbocycles. The van der Waals surface area contributed by atoms with Gasteiger partial charge < -0.3 is 14.4 Å². The van der Waals surface area contributed by atoms with Gasteiger partial charge in [0.1, 0.15) is 19.0 Å². The molecule has 0 aliphatic carbocycles. The summed E-state index contributed by atoms with van der Waals surface area (Å²) in [4.78, 5) is 30.1. The van der Waals surface area contributed by atoms with Crippen LogP contribution < -0.4 is 0 Å². The quantitative estimate of drug-likeness (QED) is 0.512. The van der Waals surface area contributed by atoms with Gasteiger partial charge in [-0.1, -0.05) is 41.9 Å². The van der Waals surface area contributed by atoms with Crippen LogP contribution in [0.2, 0.25) is 5.02 Å². The van der Waals surface area contributed by atoms with Crippen LogP contribution in [0.15, 0.2) is 53.6 Å². The molecule has 0 saturated carbocycles. The van der Waals surface area contributed by atoms with E-state index in [-0.39, 0.29) is 30.8 Å². The highest BCUT2D eigenvalue weighted by atomic mass is 35.5. The summed E-state index contributed by atoms with van der Waals surface area (Å²) in [5.74, 6) is -0.945. The molecular formula is C26H30ClFN4O4. The Labute approximate surface area is 215 Å². The van der Waals surface area contributed by atoms with Crippen LogP contribution >= 0.6 is 11.6 Å². The summed E-state index contributed by atoms with van der Waals surface area (Å²) in [7, 11) is 1.45. The van der Waals surface area contributed by atoms with Crippen LogP contribution in [0.4, 0.5) is 4.39 Å². The van der Waals surface area contributed by atoms with E-state index < -0.39 is 6.04 Å². The van der Waals surface area contributed by atoms with E-state index in [4.69, 9.17) is 21.1 Å². The zero-order valence-electron chi connectivity index (χ0n) is 20.2. The number of rotatable bonds is 9. The van der Waals surface area contributed by atoms with E-state index in [1.807, 2.05) is 18.2 Å². The minimum atomic E-state index is -0.440. The van der Waals surface area contributed by atoms with Gasteiger partial charge in [-0.15, -0.1) is 0 Å². The highest BCUT2D eigenvalue weighted by molar-refractivity contribution is 6.31. The molecule has 0 N–H and O–H groups in total. The number of morpholine rings is 1. The van der Waals surface area contributed by atoms with Crippen LogP contribution in [-0.4, -0.2) is 92.0 Å². The number of carbonyl (C=O) groups excluding carboxylic acids is 2. The van der Waals surface area contributed by atoms with E-state index in [1.54, 1.807) is 18.2 Å². The number of methoxy groups -OCH3 is 1. The number of hydrogen-bond acceptors (Lipinski definition) is 6. The van der Waals surface area contributed by atoms with Crippen LogP contribution in [0.3, 0.4) is 0 Å². The van der Waals surface area contributed by atoms with Crippen LogP contribution in [0.5, 0.6) is 0 Å². The van der Waals surface area contributed by atoms with E-state index in [0.717, 1.165) is 24.2 Å². The molecule has 10 heteroatoms. The first-order valence-corrected chi connectivity index (χ1v) is 12.3. The predicted octanol–water partition coefficient (Wildman–Crippen LogP) is 2.96. The minimum Gasteiger partial charge on any atom is -0.379 e. The molecule has 0 aromatic heterocycles. The average molecular weight is 517 g/mol. The molecule has 4 rings (SSSR count). The molecule has 0 spiro atoms. The molecule has 0 bridgehead atoms. The normalized spacial score (nSPS) is 18.2. The lowest BCUT2D eigenvalue weighted by atomic mass is 9.98. The molecule has 2 aliphatic heterocycles. The van der Waals surface area contributed by atoms with Crippen molar-refractivity contribution in [2.45, 2.75) is 12.5 Å². The Morgan fingerprint density at radius 2 is 1.89 bits per heavy atom. The van der Waals surface area contributed by atoms with Crippen molar-refractivity contribution in [2.75, 3.05) is 59.7 Å². The number of benzene rings is 2. The van der Waals surface area contributed by atoms with Gasteiger partial charge in [-0.25, -0.2) is 9.40 Å². The summed E-state index contributed by atoms with van der Waals surface area (Å²) in [5.41, 5.74) is 2.14. The zero-order chi connectivity index (χ0) is 25.5. The number of amides is 2.